The monoisotopic (exact) mass is 276 g/mol. The fraction of sp³-hybridized carbons (Fsp3) is 0.588. The van der Waals surface area contributed by atoms with Crippen molar-refractivity contribution in [3.8, 4) is 0 Å². The van der Waals surface area contributed by atoms with E-state index in [9.17, 15) is 4.79 Å². The van der Waals surface area contributed by atoms with Gasteiger partial charge in [-0.05, 0) is 37.3 Å². The van der Waals surface area contributed by atoms with Gasteiger partial charge in [-0.1, -0.05) is 51.5 Å². The molecule has 0 bridgehead atoms. The summed E-state index contributed by atoms with van der Waals surface area (Å²) in [6, 6.07) is 8.37. The zero-order chi connectivity index (χ0) is 15.3. The van der Waals surface area contributed by atoms with Crippen LogP contribution in [0, 0.1) is 0 Å². The molecule has 2 atom stereocenters. The van der Waals surface area contributed by atoms with Crippen molar-refractivity contribution in [3.05, 3.63) is 35.4 Å². The van der Waals surface area contributed by atoms with E-state index in [1.807, 2.05) is 13.8 Å². The van der Waals surface area contributed by atoms with E-state index in [-0.39, 0.29) is 11.9 Å². The summed E-state index contributed by atoms with van der Waals surface area (Å²) in [4.78, 5) is 12.2. The molecule has 0 spiro atoms. The maximum absolute atomic E-state index is 12.2. The Kier molecular flexibility index (Phi) is 5.75. The molecule has 0 heterocycles. The molecule has 0 aliphatic rings. The minimum Gasteiger partial charge on any atom is -0.348 e. The Morgan fingerprint density at radius 1 is 1.20 bits per heavy atom. The first kappa shape index (κ1) is 16.7. The summed E-state index contributed by atoms with van der Waals surface area (Å²) in [5.41, 5.74) is 7.67. The van der Waals surface area contributed by atoms with Crippen LogP contribution in [-0.2, 0) is 4.79 Å². The molecule has 0 aliphatic heterocycles. The normalized spacial score (nSPS) is 15.8. The molecular formula is C17H28N2O. The molecule has 0 radical (unpaired) electrons. The topological polar surface area (TPSA) is 55.1 Å². The van der Waals surface area contributed by atoms with Crippen molar-refractivity contribution in [2.75, 3.05) is 0 Å². The largest absolute Gasteiger partial charge is 0.348 e. The number of nitrogens with two attached hydrogens (primary N) is 1. The average Bonchev–Trinajstić information content (AvgIpc) is 2.38. The molecule has 1 aromatic carbocycles. The first-order chi connectivity index (χ1) is 9.27. The predicted molar refractivity (Wildman–Crippen MR) is 84.6 cm³/mol. The second-order valence-electron chi connectivity index (χ2n) is 6.18. The molecule has 2 unspecified atom stereocenters. The Labute approximate surface area is 122 Å². The maximum atomic E-state index is 12.2. The molecule has 3 heteroatoms. The fourth-order valence-corrected chi connectivity index (χ4v) is 2.25. The summed E-state index contributed by atoms with van der Waals surface area (Å²) in [5, 5.41) is 3.01. The Hall–Kier alpha value is -1.35. The lowest BCUT2D eigenvalue weighted by Crippen LogP contribution is -2.52. The minimum atomic E-state index is -0.791. The third kappa shape index (κ3) is 4.34. The van der Waals surface area contributed by atoms with Crippen LogP contribution in [0.1, 0.15) is 70.5 Å². The number of carbonyl (C=O) groups is 1. The van der Waals surface area contributed by atoms with Gasteiger partial charge in [0, 0.05) is 0 Å². The van der Waals surface area contributed by atoms with Crippen LogP contribution in [0.4, 0.5) is 0 Å². The molecule has 1 aromatic rings. The Morgan fingerprint density at radius 3 is 2.15 bits per heavy atom. The van der Waals surface area contributed by atoms with Crippen molar-refractivity contribution in [1.82, 2.24) is 5.32 Å². The van der Waals surface area contributed by atoms with E-state index in [1.165, 1.54) is 5.56 Å². The molecular weight excluding hydrogens is 248 g/mol. The van der Waals surface area contributed by atoms with Crippen LogP contribution in [0.25, 0.3) is 0 Å². The van der Waals surface area contributed by atoms with Gasteiger partial charge in [0.2, 0.25) is 5.91 Å². The summed E-state index contributed by atoms with van der Waals surface area (Å²) >= 11 is 0. The molecule has 0 saturated carbocycles. The summed E-state index contributed by atoms with van der Waals surface area (Å²) in [6.07, 6.45) is 1.59. The number of benzene rings is 1. The van der Waals surface area contributed by atoms with Crippen molar-refractivity contribution < 1.29 is 4.79 Å². The highest BCUT2D eigenvalue weighted by Crippen LogP contribution is 2.19. The first-order valence-corrected chi connectivity index (χ1v) is 7.47. The van der Waals surface area contributed by atoms with Gasteiger partial charge in [0.15, 0.2) is 0 Å². The lowest BCUT2D eigenvalue weighted by Gasteiger charge is -2.25. The number of hydrogen-bond acceptors (Lipinski definition) is 2. The number of hydrogen-bond donors (Lipinski definition) is 2. The smallest absolute Gasteiger partial charge is 0.240 e. The van der Waals surface area contributed by atoms with Crippen LogP contribution in [0.3, 0.4) is 0 Å². The molecule has 3 N–H and O–H groups in total. The summed E-state index contributed by atoms with van der Waals surface area (Å²) < 4.78 is 0. The molecule has 1 rings (SSSR count). The van der Waals surface area contributed by atoms with Crippen LogP contribution in [0.5, 0.6) is 0 Å². The number of amides is 1. The van der Waals surface area contributed by atoms with Crippen molar-refractivity contribution in [2.24, 2.45) is 5.73 Å². The van der Waals surface area contributed by atoms with Gasteiger partial charge >= 0.3 is 0 Å². The highest BCUT2D eigenvalue weighted by Gasteiger charge is 2.28. The van der Waals surface area contributed by atoms with Gasteiger partial charge in [-0.15, -0.1) is 0 Å². The van der Waals surface area contributed by atoms with Gasteiger partial charge < -0.3 is 11.1 Å². The van der Waals surface area contributed by atoms with Gasteiger partial charge in [-0.25, -0.2) is 0 Å². The third-order valence-corrected chi connectivity index (χ3v) is 3.74. The second-order valence-corrected chi connectivity index (χ2v) is 6.18. The van der Waals surface area contributed by atoms with E-state index in [0.29, 0.717) is 12.3 Å². The minimum absolute atomic E-state index is 0.0246. The standard InChI is InChI=1S/C17H28N2O/c1-6-11-17(5,18)16(20)19-13(4)15-9-7-14(8-10-15)12(2)3/h7-10,12-13H,6,11,18H2,1-5H3,(H,19,20). The third-order valence-electron chi connectivity index (χ3n) is 3.74. The van der Waals surface area contributed by atoms with Crippen molar-refractivity contribution in [3.63, 3.8) is 0 Å². The van der Waals surface area contributed by atoms with Crippen LogP contribution < -0.4 is 11.1 Å². The van der Waals surface area contributed by atoms with Gasteiger partial charge in [-0.3, -0.25) is 4.79 Å². The molecule has 0 aliphatic carbocycles. The Morgan fingerprint density at radius 2 is 1.70 bits per heavy atom. The molecule has 20 heavy (non-hydrogen) atoms. The number of rotatable bonds is 6. The average molecular weight is 276 g/mol. The van der Waals surface area contributed by atoms with Gasteiger partial charge in [0.25, 0.3) is 0 Å². The molecule has 1 amide bonds. The van der Waals surface area contributed by atoms with Crippen LogP contribution in [0.2, 0.25) is 0 Å². The van der Waals surface area contributed by atoms with Crippen molar-refractivity contribution >= 4 is 5.91 Å². The second kappa shape index (κ2) is 6.89. The van der Waals surface area contributed by atoms with E-state index in [2.05, 4.69) is 43.4 Å². The quantitative estimate of drug-likeness (QED) is 0.835. The Bertz CT molecular complexity index is 435. The highest BCUT2D eigenvalue weighted by molar-refractivity contribution is 5.85. The van der Waals surface area contributed by atoms with Gasteiger partial charge in [0.1, 0.15) is 0 Å². The zero-order valence-electron chi connectivity index (χ0n) is 13.4. The lowest BCUT2D eigenvalue weighted by molar-refractivity contribution is -0.126. The maximum Gasteiger partial charge on any atom is 0.240 e. The molecule has 0 saturated heterocycles. The summed E-state index contributed by atoms with van der Waals surface area (Å²) in [5.74, 6) is 0.436. The Balaban J connectivity index is 2.71. The molecule has 0 aromatic heterocycles. The van der Waals surface area contributed by atoms with E-state index < -0.39 is 5.54 Å². The fourth-order valence-electron chi connectivity index (χ4n) is 2.25. The van der Waals surface area contributed by atoms with E-state index >= 15 is 0 Å². The van der Waals surface area contributed by atoms with E-state index in [1.54, 1.807) is 6.92 Å². The van der Waals surface area contributed by atoms with Gasteiger partial charge in [0.05, 0.1) is 11.6 Å². The predicted octanol–water partition coefficient (Wildman–Crippen LogP) is 3.50. The molecule has 112 valence electrons. The lowest BCUT2D eigenvalue weighted by atomic mass is 9.95. The van der Waals surface area contributed by atoms with Crippen LogP contribution >= 0.6 is 0 Å². The highest BCUT2D eigenvalue weighted by atomic mass is 16.2. The number of nitrogens with one attached hydrogen (secondary N) is 1. The zero-order valence-corrected chi connectivity index (χ0v) is 13.4. The SMILES string of the molecule is CCCC(C)(N)C(=O)NC(C)c1ccc(C(C)C)cc1. The summed E-state index contributed by atoms with van der Waals surface area (Å²) in [7, 11) is 0. The van der Waals surface area contributed by atoms with Crippen molar-refractivity contribution in [1.29, 1.82) is 0 Å². The van der Waals surface area contributed by atoms with Crippen LogP contribution in [-0.4, -0.2) is 11.4 Å². The van der Waals surface area contributed by atoms with E-state index in [4.69, 9.17) is 5.73 Å². The first-order valence-electron chi connectivity index (χ1n) is 7.47. The van der Waals surface area contributed by atoms with Crippen molar-refractivity contribution in [2.45, 2.75) is 65.0 Å². The van der Waals surface area contributed by atoms with E-state index in [0.717, 1.165) is 12.0 Å². The van der Waals surface area contributed by atoms with Gasteiger partial charge in [-0.2, -0.15) is 0 Å². The molecule has 3 nitrogen and oxygen atoms in total. The van der Waals surface area contributed by atoms with Crippen LogP contribution in [0.15, 0.2) is 24.3 Å². The number of carbonyl (C=O) groups excluding carboxylic acids is 1. The molecule has 0 fully saturated rings. The summed E-state index contributed by atoms with van der Waals surface area (Å²) in [6.45, 7) is 10.2.